The van der Waals surface area contributed by atoms with E-state index in [0.29, 0.717) is 13.1 Å². The van der Waals surface area contributed by atoms with Gasteiger partial charge in [0.05, 0.1) is 7.11 Å². The normalized spacial score (nSPS) is 20.5. The standard InChI is InChI=1S/C17H22N2O3/c1-22-17(21)15(16(20)13-7-8-13)19-11-9-18(10-12-19)14-5-3-2-4-6-14/h2-6,13,15H,7-12H2,1H3. The zero-order chi connectivity index (χ0) is 15.5. The molecule has 1 aromatic rings. The van der Waals surface area contributed by atoms with Gasteiger partial charge in [-0.1, -0.05) is 18.2 Å². The fourth-order valence-electron chi connectivity index (χ4n) is 3.03. The van der Waals surface area contributed by atoms with Crippen LogP contribution in [-0.4, -0.2) is 56.0 Å². The van der Waals surface area contributed by atoms with Crippen molar-refractivity contribution in [1.29, 1.82) is 0 Å². The van der Waals surface area contributed by atoms with Crippen LogP contribution in [0, 0.1) is 5.92 Å². The summed E-state index contributed by atoms with van der Waals surface area (Å²) in [5, 5.41) is 0. The third-order valence-corrected chi connectivity index (χ3v) is 4.47. The number of carbonyl (C=O) groups is 2. The van der Waals surface area contributed by atoms with Crippen molar-refractivity contribution < 1.29 is 14.3 Å². The molecule has 0 amide bonds. The number of methoxy groups -OCH3 is 1. The Balaban J connectivity index is 1.65. The Labute approximate surface area is 130 Å². The minimum atomic E-state index is -0.713. The molecule has 1 aliphatic carbocycles. The first-order chi connectivity index (χ1) is 10.7. The molecule has 118 valence electrons. The van der Waals surface area contributed by atoms with Crippen molar-refractivity contribution in [3.8, 4) is 0 Å². The second-order valence-corrected chi connectivity index (χ2v) is 5.96. The highest BCUT2D eigenvalue weighted by Gasteiger charge is 2.42. The summed E-state index contributed by atoms with van der Waals surface area (Å²) in [6.07, 6.45) is 1.83. The Morgan fingerprint density at radius 1 is 1.09 bits per heavy atom. The number of ether oxygens (including phenoxy) is 1. The number of piperazine rings is 1. The average Bonchev–Trinajstić information content (AvgIpc) is 3.41. The van der Waals surface area contributed by atoms with Crippen LogP contribution in [0.15, 0.2) is 30.3 Å². The lowest BCUT2D eigenvalue weighted by Crippen LogP contribution is -2.56. The molecular weight excluding hydrogens is 280 g/mol. The van der Waals surface area contributed by atoms with Crippen molar-refractivity contribution in [2.45, 2.75) is 18.9 Å². The number of hydrogen-bond acceptors (Lipinski definition) is 5. The Morgan fingerprint density at radius 2 is 1.73 bits per heavy atom. The van der Waals surface area contributed by atoms with Crippen LogP contribution in [-0.2, 0) is 14.3 Å². The minimum Gasteiger partial charge on any atom is -0.468 e. The topological polar surface area (TPSA) is 49.9 Å². The van der Waals surface area contributed by atoms with Crippen molar-refractivity contribution in [3.05, 3.63) is 30.3 Å². The van der Waals surface area contributed by atoms with E-state index in [1.54, 1.807) is 0 Å². The van der Waals surface area contributed by atoms with Gasteiger partial charge in [-0.25, -0.2) is 4.79 Å². The second-order valence-electron chi connectivity index (χ2n) is 5.96. The summed E-state index contributed by atoms with van der Waals surface area (Å²) in [5.74, 6) is -0.304. The maximum Gasteiger partial charge on any atom is 0.330 e. The molecule has 2 fully saturated rings. The lowest BCUT2D eigenvalue weighted by Gasteiger charge is -2.38. The van der Waals surface area contributed by atoms with Crippen LogP contribution < -0.4 is 4.90 Å². The summed E-state index contributed by atoms with van der Waals surface area (Å²) >= 11 is 0. The first kappa shape index (κ1) is 15.0. The molecule has 5 heteroatoms. The number of rotatable bonds is 5. The fraction of sp³-hybridized carbons (Fsp3) is 0.529. The summed E-state index contributed by atoms with van der Waals surface area (Å²) in [6, 6.07) is 9.51. The minimum absolute atomic E-state index is 0.0417. The molecule has 3 rings (SSSR count). The molecule has 22 heavy (non-hydrogen) atoms. The predicted octanol–water partition coefficient (Wildman–Crippen LogP) is 1.33. The Morgan fingerprint density at radius 3 is 2.27 bits per heavy atom. The number of carbonyl (C=O) groups excluding carboxylic acids is 2. The molecule has 1 aliphatic heterocycles. The van der Waals surface area contributed by atoms with Crippen molar-refractivity contribution in [2.24, 2.45) is 5.92 Å². The highest BCUT2D eigenvalue weighted by molar-refractivity contribution is 6.05. The van der Waals surface area contributed by atoms with E-state index in [4.69, 9.17) is 4.74 Å². The zero-order valence-corrected chi connectivity index (χ0v) is 12.9. The van der Waals surface area contributed by atoms with Crippen molar-refractivity contribution in [2.75, 3.05) is 38.2 Å². The zero-order valence-electron chi connectivity index (χ0n) is 12.9. The van der Waals surface area contributed by atoms with E-state index in [2.05, 4.69) is 17.0 Å². The molecule has 2 aliphatic rings. The SMILES string of the molecule is COC(=O)C(C(=O)C1CC1)N1CCN(c2ccccc2)CC1. The fourth-order valence-corrected chi connectivity index (χ4v) is 3.03. The number of anilines is 1. The second kappa shape index (κ2) is 6.48. The van der Waals surface area contributed by atoms with Crippen LogP contribution in [0.1, 0.15) is 12.8 Å². The molecular formula is C17H22N2O3. The van der Waals surface area contributed by atoms with Crippen molar-refractivity contribution in [1.82, 2.24) is 4.90 Å². The van der Waals surface area contributed by atoms with Crippen LogP contribution in [0.3, 0.4) is 0 Å². The largest absolute Gasteiger partial charge is 0.468 e. The van der Waals surface area contributed by atoms with Gasteiger partial charge in [0.2, 0.25) is 0 Å². The predicted molar refractivity (Wildman–Crippen MR) is 83.8 cm³/mol. The maximum atomic E-state index is 12.4. The third-order valence-electron chi connectivity index (χ3n) is 4.47. The number of Topliss-reactive ketones (excluding diaryl/α,β-unsaturated/α-hetero) is 1. The van der Waals surface area contributed by atoms with Gasteiger partial charge in [0.25, 0.3) is 0 Å². The number of hydrogen-bond donors (Lipinski definition) is 0. The third kappa shape index (κ3) is 3.14. The van der Waals surface area contributed by atoms with Crippen LogP contribution in [0.5, 0.6) is 0 Å². The number of esters is 1. The molecule has 1 atom stereocenters. The van der Waals surface area contributed by atoms with Gasteiger partial charge in [-0.05, 0) is 25.0 Å². The van der Waals surface area contributed by atoms with Crippen molar-refractivity contribution in [3.63, 3.8) is 0 Å². The molecule has 1 aromatic carbocycles. The van der Waals surface area contributed by atoms with Gasteiger partial charge in [0.15, 0.2) is 11.8 Å². The molecule has 5 nitrogen and oxygen atoms in total. The lowest BCUT2D eigenvalue weighted by atomic mass is 10.1. The smallest absolute Gasteiger partial charge is 0.330 e. The van der Waals surface area contributed by atoms with Crippen LogP contribution in [0.4, 0.5) is 5.69 Å². The first-order valence-corrected chi connectivity index (χ1v) is 7.86. The summed E-state index contributed by atoms with van der Waals surface area (Å²) in [7, 11) is 1.36. The number of para-hydroxylation sites is 1. The molecule has 0 bridgehead atoms. The van der Waals surface area contributed by atoms with E-state index in [9.17, 15) is 9.59 Å². The number of nitrogens with zero attached hydrogens (tertiary/aromatic N) is 2. The Bertz CT molecular complexity index is 534. The van der Waals surface area contributed by atoms with Crippen LogP contribution >= 0.6 is 0 Å². The molecule has 0 N–H and O–H groups in total. The van der Waals surface area contributed by atoms with Crippen LogP contribution in [0.25, 0.3) is 0 Å². The lowest BCUT2D eigenvalue weighted by molar-refractivity contribution is -0.151. The summed E-state index contributed by atoms with van der Waals surface area (Å²) < 4.78 is 4.86. The van der Waals surface area contributed by atoms with Gasteiger partial charge < -0.3 is 9.64 Å². The summed E-state index contributed by atoms with van der Waals surface area (Å²) in [5.41, 5.74) is 1.19. The quantitative estimate of drug-likeness (QED) is 0.607. The molecule has 1 saturated heterocycles. The molecule has 1 saturated carbocycles. The molecule has 1 heterocycles. The van der Waals surface area contributed by atoms with E-state index in [0.717, 1.165) is 25.9 Å². The van der Waals surface area contributed by atoms with Gasteiger partial charge in [0.1, 0.15) is 0 Å². The van der Waals surface area contributed by atoms with E-state index < -0.39 is 12.0 Å². The van der Waals surface area contributed by atoms with E-state index in [1.165, 1.54) is 12.8 Å². The van der Waals surface area contributed by atoms with E-state index in [-0.39, 0.29) is 11.7 Å². The van der Waals surface area contributed by atoms with Gasteiger partial charge in [-0.2, -0.15) is 0 Å². The van der Waals surface area contributed by atoms with Gasteiger partial charge in [0, 0.05) is 37.8 Å². The Hall–Kier alpha value is -1.88. The van der Waals surface area contributed by atoms with Gasteiger partial charge in [-0.3, -0.25) is 9.69 Å². The van der Waals surface area contributed by atoms with Gasteiger partial charge >= 0.3 is 5.97 Å². The summed E-state index contributed by atoms with van der Waals surface area (Å²) in [4.78, 5) is 28.7. The van der Waals surface area contributed by atoms with Gasteiger partial charge in [-0.15, -0.1) is 0 Å². The maximum absolute atomic E-state index is 12.4. The molecule has 0 spiro atoms. The highest BCUT2D eigenvalue weighted by Crippen LogP contribution is 2.32. The van der Waals surface area contributed by atoms with Crippen LogP contribution in [0.2, 0.25) is 0 Å². The average molecular weight is 302 g/mol. The Kier molecular flexibility index (Phi) is 4.43. The number of benzene rings is 1. The van der Waals surface area contributed by atoms with Crippen molar-refractivity contribution >= 4 is 17.4 Å². The molecule has 0 aromatic heterocycles. The highest BCUT2D eigenvalue weighted by atomic mass is 16.5. The monoisotopic (exact) mass is 302 g/mol. The van der Waals surface area contributed by atoms with E-state index in [1.807, 2.05) is 23.1 Å². The first-order valence-electron chi connectivity index (χ1n) is 7.86. The molecule has 1 unspecified atom stereocenters. The molecule has 0 radical (unpaired) electrons. The summed E-state index contributed by atoms with van der Waals surface area (Å²) in [6.45, 7) is 3.03. The van der Waals surface area contributed by atoms with E-state index >= 15 is 0 Å². The number of ketones is 1.